The zero-order valence-electron chi connectivity index (χ0n) is 10.9. The second-order valence-corrected chi connectivity index (χ2v) is 5.93. The molecule has 19 heavy (non-hydrogen) atoms. The Hall–Kier alpha value is -1.43. The van der Waals surface area contributed by atoms with Gasteiger partial charge in [0.15, 0.2) is 0 Å². The van der Waals surface area contributed by atoms with Crippen molar-refractivity contribution in [3.8, 4) is 0 Å². The molecule has 1 amide bonds. The molecule has 0 saturated heterocycles. The number of rotatable bonds is 3. The van der Waals surface area contributed by atoms with Crippen LogP contribution in [0, 0.1) is 5.82 Å². The van der Waals surface area contributed by atoms with Gasteiger partial charge in [0.2, 0.25) is 0 Å². The molecule has 0 unspecified atom stereocenters. The summed E-state index contributed by atoms with van der Waals surface area (Å²) in [6.07, 6.45) is 0. The predicted molar refractivity (Wildman–Crippen MR) is 72.5 cm³/mol. The van der Waals surface area contributed by atoms with Crippen molar-refractivity contribution in [1.82, 2.24) is 4.90 Å². The van der Waals surface area contributed by atoms with E-state index in [1.165, 1.54) is 17.0 Å². The molecule has 6 heteroatoms. The van der Waals surface area contributed by atoms with Crippen molar-refractivity contribution in [2.45, 2.75) is 26.3 Å². The Kier molecular flexibility index (Phi) is 4.68. The lowest BCUT2D eigenvalue weighted by Gasteiger charge is -2.34. The van der Waals surface area contributed by atoms with E-state index in [0.717, 1.165) is 6.07 Å². The van der Waals surface area contributed by atoms with Gasteiger partial charge < -0.3 is 10.0 Å². The topological polar surface area (TPSA) is 57.6 Å². The summed E-state index contributed by atoms with van der Waals surface area (Å²) in [5, 5.41) is 8.89. The van der Waals surface area contributed by atoms with Gasteiger partial charge >= 0.3 is 5.97 Å². The quantitative estimate of drug-likeness (QED) is 0.926. The van der Waals surface area contributed by atoms with Crippen LogP contribution in [-0.2, 0) is 4.79 Å². The number of carbonyl (C=O) groups is 2. The minimum Gasteiger partial charge on any atom is -0.480 e. The molecule has 0 heterocycles. The summed E-state index contributed by atoms with van der Waals surface area (Å²) in [4.78, 5) is 24.4. The minimum absolute atomic E-state index is 0.108. The largest absolute Gasteiger partial charge is 0.480 e. The van der Waals surface area contributed by atoms with Gasteiger partial charge in [-0.15, -0.1) is 0 Å². The molecule has 1 N–H and O–H groups in total. The van der Waals surface area contributed by atoms with E-state index in [1.54, 1.807) is 20.8 Å². The number of amides is 1. The van der Waals surface area contributed by atoms with Gasteiger partial charge in [-0.2, -0.15) is 0 Å². The Labute approximate surface area is 119 Å². The van der Waals surface area contributed by atoms with Crippen LogP contribution in [0.25, 0.3) is 0 Å². The van der Waals surface area contributed by atoms with Crippen LogP contribution >= 0.6 is 15.9 Å². The van der Waals surface area contributed by atoms with Gasteiger partial charge in [-0.05, 0) is 54.9 Å². The standard InChI is InChI=1S/C13H15BrFNO3/c1-13(2,3)16(7-11(17)18)12(19)9-6-8(15)4-5-10(9)14/h4-6H,7H2,1-3H3,(H,17,18). The van der Waals surface area contributed by atoms with Crippen LogP contribution in [-0.4, -0.2) is 34.0 Å². The summed E-state index contributed by atoms with van der Waals surface area (Å²) in [5.41, 5.74) is -0.572. The van der Waals surface area contributed by atoms with E-state index in [0.29, 0.717) is 4.47 Å². The van der Waals surface area contributed by atoms with Gasteiger partial charge in [0.05, 0.1) is 5.56 Å². The number of aliphatic carboxylic acids is 1. The van der Waals surface area contributed by atoms with Crippen LogP contribution in [0.15, 0.2) is 22.7 Å². The van der Waals surface area contributed by atoms with E-state index in [1.807, 2.05) is 0 Å². The number of carboxylic acid groups (broad SMARTS) is 1. The maximum absolute atomic E-state index is 13.2. The van der Waals surface area contributed by atoms with Crippen LogP contribution in [0.2, 0.25) is 0 Å². The van der Waals surface area contributed by atoms with Gasteiger partial charge in [-0.25, -0.2) is 4.39 Å². The molecule has 0 spiro atoms. The Morgan fingerprint density at radius 2 is 1.95 bits per heavy atom. The number of carbonyl (C=O) groups excluding carboxylic acids is 1. The number of hydrogen-bond donors (Lipinski definition) is 1. The molecule has 0 saturated carbocycles. The molecule has 0 bridgehead atoms. The summed E-state index contributed by atoms with van der Waals surface area (Å²) >= 11 is 3.17. The lowest BCUT2D eigenvalue weighted by molar-refractivity contribution is -0.138. The molecule has 1 rings (SSSR count). The molecule has 0 aliphatic rings. The summed E-state index contributed by atoms with van der Waals surface area (Å²) < 4.78 is 13.7. The molecule has 0 aliphatic carbocycles. The molecule has 104 valence electrons. The predicted octanol–water partition coefficient (Wildman–Crippen LogP) is 2.91. The molecule has 0 aliphatic heterocycles. The Balaban J connectivity index is 3.19. The number of hydrogen-bond acceptors (Lipinski definition) is 2. The summed E-state index contributed by atoms with van der Waals surface area (Å²) in [6, 6.07) is 3.73. The van der Waals surface area contributed by atoms with Crippen LogP contribution < -0.4 is 0 Å². The average Bonchev–Trinajstić information content (AvgIpc) is 2.26. The fraction of sp³-hybridized carbons (Fsp3) is 0.385. The number of carboxylic acids is 1. The van der Waals surface area contributed by atoms with Gasteiger partial charge in [0, 0.05) is 10.0 Å². The smallest absolute Gasteiger partial charge is 0.323 e. The highest BCUT2D eigenvalue weighted by Gasteiger charge is 2.30. The van der Waals surface area contributed by atoms with E-state index in [9.17, 15) is 14.0 Å². The molecular formula is C13H15BrFNO3. The third-order valence-electron chi connectivity index (χ3n) is 2.51. The van der Waals surface area contributed by atoms with E-state index < -0.39 is 29.8 Å². The van der Waals surface area contributed by atoms with Crippen molar-refractivity contribution in [3.05, 3.63) is 34.1 Å². The zero-order valence-corrected chi connectivity index (χ0v) is 12.5. The SMILES string of the molecule is CC(C)(C)N(CC(=O)O)C(=O)c1cc(F)ccc1Br. The summed E-state index contributed by atoms with van der Waals surface area (Å²) in [5.74, 6) is -2.19. The highest BCUT2D eigenvalue weighted by molar-refractivity contribution is 9.10. The first-order chi connectivity index (χ1) is 8.62. The Morgan fingerprint density at radius 3 is 2.42 bits per heavy atom. The van der Waals surface area contributed by atoms with Crippen molar-refractivity contribution in [1.29, 1.82) is 0 Å². The third kappa shape index (κ3) is 4.02. The Bertz CT molecular complexity index is 511. The molecule has 0 aromatic heterocycles. The van der Waals surface area contributed by atoms with E-state index in [2.05, 4.69) is 15.9 Å². The van der Waals surface area contributed by atoms with E-state index in [-0.39, 0.29) is 5.56 Å². The average molecular weight is 332 g/mol. The van der Waals surface area contributed by atoms with Crippen LogP contribution in [0.3, 0.4) is 0 Å². The van der Waals surface area contributed by atoms with E-state index in [4.69, 9.17) is 5.11 Å². The number of benzene rings is 1. The van der Waals surface area contributed by atoms with Crippen molar-refractivity contribution in [3.63, 3.8) is 0 Å². The first-order valence-corrected chi connectivity index (χ1v) is 6.41. The first-order valence-electron chi connectivity index (χ1n) is 5.61. The molecule has 0 fully saturated rings. The lowest BCUT2D eigenvalue weighted by atomic mass is 10.0. The summed E-state index contributed by atoms with van der Waals surface area (Å²) in [7, 11) is 0. The van der Waals surface area contributed by atoms with Crippen molar-refractivity contribution in [2.24, 2.45) is 0 Å². The fourth-order valence-corrected chi connectivity index (χ4v) is 1.97. The van der Waals surface area contributed by atoms with Gasteiger partial charge in [-0.1, -0.05) is 0 Å². The molecule has 4 nitrogen and oxygen atoms in total. The minimum atomic E-state index is -1.11. The van der Waals surface area contributed by atoms with Crippen molar-refractivity contribution < 1.29 is 19.1 Å². The third-order valence-corrected chi connectivity index (χ3v) is 3.20. The molecule has 0 atom stereocenters. The van der Waals surface area contributed by atoms with Crippen LogP contribution in [0.1, 0.15) is 31.1 Å². The maximum atomic E-state index is 13.2. The maximum Gasteiger partial charge on any atom is 0.323 e. The highest BCUT2D eigenvalue weighted by Crippen LogP contribution is 2.23. The van der Waals surface area contributed by atoms with Crippen molar-refractivity contribution in [2.75, 3.05) is 6.54 Å². The van der Waals surface area contributed by atoms with Gasteiger partial charge in [0.25, 0.3) is 5.91 Å². The molecular weight excluding hydrogens is 317 g/mol. The monoisotopic (exact) mass is 331 g/mol. The fourth-order valence-electron chi connectivity index (χ4n) is 1.56. The summed E-state index contributed by atoms with van der Waals surface area (Å²) in [6.45, 7) is 4.73. The van der Waals surface area contributed by atoms with Crippen LogP contribution in [0.4, 0.5) is 4.39 Å². The second-order valence-electron chi connectivity index (χ2n) is 5.08. The van der Waals surface area contributed by atoms with Crippen molar-refractivity contribution >= 4 is 27.8 Å². The molecule has 1 aromatic carbocycles. The highest BCUT2D eigenvalue weighted by atomic mass is 79.9. The van der Waals surface area contributed by atoms with E-state index >= 15 is 0 Å². The number of nitrogens with zero attached hydrogens (tertiary/aromatic N) is 1. The van der Waals surface area contributed by atoms with Gasteiger partial charge in [-0.3, -0.25) is 9.59 Å². The second kappa shape index (κ2) is 5.69. The number of halogens is 2. The zero-order chi connectivity index (χ0) is 14.8. The van der Waals surface area contributed by atoms with Gasteiger partial charge in [0.1, 0.15) is 12.4 Å². The molecule has 0 radical (unpaired) electrons. The Morgan fingerprint density at radius 1 is 1.37 bits per heavy atom. The van der Waals surface area contributed by atoms with Crippen LogP contribution in [0.5, 0.6) is 0 Å². The molecule has 1 aromatic rings. The first kappa shape index (κ1) is 15.6. The normalized spacial score (nSPS) is 11.2. The lowest BCUT2D eigenvalue weighted by Crippen LogP contribution is -2.48.